The number of rotatable bonds is 8. The SMILES string of the molecule is O=C(O)CCCCC[C@@H]1CC[C@H](CC(=O)O)O1. The predicted molar refractivity (Wildman–Crippen MR) is 60.9 cm³/mol. The Hall–Kier alpha value is -1.10. The van der Waals surface area contributed by atoms with Gasteiger partial charge in [0.05, 0.1) is 18.6 Å². The molecule has 0 aromatic heterocycles. The number of aliphatic carboxylic acids is 2. The molecule has 0 aliphatic carbocycles. The highest BCUT2D eigenvalue weighted by atomic mass is 16.5. The van der Waals surface area contributed by atoms with Gasteiger partial charge in [-0.25, -0.2) is 0 Å². The van der Waals surface area contributed by atoms with E-state index in [1.165, 1.54) is 0 Å². The van der Waals surface area contributed by atoms with E-state index in [0.29, 0.717) is 6.42 Å². The number of hydrogen-bond acceptors (Lipinski definition) is 3. The normalized spacial score (nSPS) is 23.8. The fourth-order valence-corrected chi connectivity index (χ4v) is 2.16. The summed E-state index contributed by atoms with van der Waals surface area (Å²) >= 11 is 0. The van der Waals surface area contributed by atoms with E-state index in [4.69, 9.17) is 14.9 Å². The van der Waals surface area contributed by atoms with Crippen molar-refractivity contribution in [2.75, 3.05) is 0 Å². The van der Waals surface area contributed by atoms with E-state index < -0.39 is 11.9 Å². The molecule has 0 bridgehead atoms. The average molecular weight is 244 g/mol. The minimum atomic E-state index is -0.808. The van der Waals surface area contributed by atoms with Gasteiger partial charge in [0, 0.05) is 6.42 Å². The average Bonchev–Trinajstić information content (AvgIpc) is 2.63. The van der Waals surface area contributed by atoms with E-state index in [1.54, 1.807) is 0 Å². The Morgan fingerprint density at radius 1 is 1.00 bits per heavy atom. The molecule has 0 radical (unpaired) electrons. The zero-order valence-corrected chi connectivity index (χ0v) is 9.93. The van der Waals surface area contributed by atoms with Crippen molar-refractivity contribution in [3.05, 3.63) is 0 Å². The second-order valence-corrected chi connectivity index (χ2v) is 4.55. The van der Waals surface area contributed by atoms with Crippen molar-refractivity contribution >= 4 is 11.9 Å². The van der Waals surface area contributed by atoms with Crippen molar-refractivity contribution in [3.8, 4) is 0 Å². The fraction of sp³-hybridized carbons (Fsp3) is 0.833. The fourth-order valence-electron chi connectivity index (χ4n) is 2.16. The summed E-state index contributed by atoms with van der Waals surface area (Å²) in [5.41, 5.74) is 0. The standard InChI is InChI=1S/C12H20O5/c13-11(14)5-3-1-2-4-9-6-7-10(17-9)8-12(15)16/h9-10H,1-8H2,(H,13,14)(H,15,16)/t9-,10-/m1/s1. The van der Waals surface area contributed by atoms with E-state index in [1.807, 2.05) is 0 Å². The van der Waals surface area contributed by atoms with Crippen LogP contribution in [0, 0.1) is 0 Å². The second kappa shape index (κ2) is 7.27. The van der Waals surface area contributed by atoms with Gasteiger partial charge in [0.15, 0.2) is 0 Å². The molecular formula is C12H20O5. The monoisotopic (exact) mass is 244 g/mol. The molecular weight excluding hydrogens is 224 g/mol. The summed E-state index contributed by atoms with van der Waals surface area (Å²) in [6.07, 6.45) is 5.59. The summed E-state index contributed by atoms with van der Waals surface area (Å²) in [6, 6.07) is 0. The maximum atomic E-state index is 10.5. The van der Waals surface area contributed by atoms with Crippen LogP contribution in [0.15, 0.2) is 0 Å². The van der Waals surface area contributed by atoms with Crippen LogP contribution in [0.4, 0.5) is 0 Å². The first-order valence-electron chi connectivity index (χ1n) is 6.17. The maximum absolute atomic E-state index is 10.5. The predicted octanol–water partition coefficient (Wildman–Crippen LogP) is 2.04. The zero-order chi connectivity index (χ0) is 12.7. The zero-order valence-electron chi connectivity index (χ0n) is 9.93. The Morgan fingerprint density at radius 2 is 1.71 bits per heavy atom. The molecule has 0 unspecified atom stereocenters. The molecule has 1 heterocycles. The molecule has 0 spiro atoms. The van der Waals surface area contributed by atoms with Gasteiger partial charge in [-0.15, -0.1) is 0 Å². The van der Waals surface area contributed by atoms with Crippen LogP contribution in [0.1, 0.15) is 51.4 Å². The van der Waals surface area contributed by atoms with Gasteiger partial charge >= 0.3 is 11.9 Å². The van der Waals surface area contributed by atoms with Gasteiger partial charge < -0.3 is 14.9 Å². The van der Waals surface area contributed by atoms with Gasteiger partial charge in [-0.1, -0.05) is 12.8 Å². The molecule has 1 rings (SSSR count). The molecule has 1 aliphatic heterocycles. The Bertz CT molecular complexity index is 264. The van der Waals surface area contributed by atoms with Crippen LogP contribution >= 0.6 is 0 Å². The molecule has 0 aromatic rings. The van der Waals surface area contributed by atoms with Gasteiger partial charge in [0.2, 0.25) is 0 Å². The quantitative estimate of drug-likeness (QED) is 0.638. The number of ether oxygens (including phenoxy) is 1. The summed E-state index contributed by atoms with van der Waals surface area (Å²) < 4.78 is 5.60. The van der Waals surface area contributed by atoms with Gasteiger partial charge in [0.25, 0.3) is 0 Å². The smallest absolute Gasteiger partial charge is 0.305 e. The minimum absolute atomic E-state index is 0.0928. The summed E-state index contributed by atoms with van der Waals surface area (Å²) in [4.78, 5) is 20.8. The van der Waals surface area contributed by atoms with Crippen molar-refractivity contribution in [1.82, 2.24) is 0 Å². The van der Waals surface area contributed by atoms with E-state index in [2.05, 4.69) is 0 Å². The second-order valence-electron chi connectivity index (χ2n) is 4.55. The molecule has 0 amide bonds. The van der Waals surface area contributed by atoms with Gasteiger partial charge in [-0.2, -0.15) is 0 Å². The highest BCUT2D eigenvalue weighted by molar-refractivity contribution is 5.67. The van der Waals surface area contributed by atoms with E-state index in [9.17, 15) is 9.59 Å². The summed E-state index contributed by atoms with van der Waals surface area (Å²) in [6.45, 7) is 0. The molecule has 2 N–H and O–H groups in total. The van der Waals surface area contributed by atoms with Crippen LogP contribution < -0.4 is 0 Å². The van der Waals surface area contributed by atoms with E-state index in [-0.39, 0.29) is 25.0 Å². The van der Waals surface area contributed by atoms with Crippen LogP contribution in [-0.4, -0.2) is 34.4 Å². The number of carbonyl (C=O) groups is 2. The van der Waals surface area contributed by atoms with Gasteiger partial charge in [0.1, 0.15) is 0 Å². The molecule has 0 aromatic carbocycles. The lowest BCUT2D eigenvalue weighted by molar-refractivity contribution is -0.140. The molecule has 2 atom stereocenters. The summed E-state index contributed by atoms with van der Waals surface area (Å²) in [5.74, 6) is -1.55. The highest BCUT2D eigenvalue weighted by Gasteiger charge is 2.26. The maximum Gasteiger partial charge on any atom is 0.305 e. The van der Waals surface area contributed by atoms with E-state index in [0.717, 1.165) is 32.1 Å². The molecule has 0 saturated carbocycles. The molecule has 1 aliphatic rings. The first-order valence-corrected chi connectivity index (χ1v) is 6.17. The van der Waals surface area contributed by atoms with Crippen molar-refractivity contribution in [2.45, 2.75) is 63.6 Å². The number of carboxylic acid groups (broad SMARTS) is 2. The number of hydrogen-bond donors (Lipinski definition) is 2. The third-order valence-electron chi connectivity index (χ3n) is 3.01. The van der Waals surface area contributed by atoms with Crippen LogP contribution in [0.2, 0.25) is 0 Å². The van der Waals surface area contributed by atoms with Crippen LogP contribution in [0.25, 0.3) is 0 Å². The van der Waals surface area contributed by atoms with Crippen molar-refractivity contribution in [3.63, 3.8) is 0 Å². The van der Waals surface area contributed by atoms with Crippen molar-refractivity contribution in [2.24, 2.45) is 0 Å². The van der Waals surface area contributed by atoms with Gasteiger partial charge in [-0.3, -0.25) is 9.59 Å². The largest absolute Gasteiger partial charge is 0.481 e. The first-order chi connectivity index (χ1) is 8.08. The first kappa shape index (κ1) is 14.0. The van der Waals surface area contributed by atoms with Crippen LogP contribution in [0.5, 0.6) is 0 Å². The third kappa shape index (κ3) is 6.26. The molecule has 98 valence electrons. The third-order valence-corrected chi connectivity index (χ3v) is 3.01. The summed E-state index contributed by atoms with van der Waals surface area (Å²) in [5, 5.41) is 17.1. The Morgan fingerprint density at radius 3 is 2.35 bits per heavy atom. The van der Waals surface area contributed by atoms with Crippen molar-refractivity contribution in [1.29, 1.82) is 0 Å². The summed E-state index contributed by atoms with van der Waals surface area (Å²) in [7, 11) is 0. The van der Waals surface area contributed by atoms with Crippen LogP contribution in [-0.2, 0) is 14.3 Å². The van der Waals surface area contributed by atoms with Gasteiger partial charge in [-0.05, 0) is 25.7 Å². The Labute approximate surface area is 101 Å². The molecule has 1 saturated heterocycles. The van der Waals surface area contributed by atoms with Crippen LogP contribution in [0.3, 0.4) is 0 Å². The molecule has 5 heteroatoms. The lowest BCUT2D eigenvalue weighted by atomic mass is 10.1. The molecule has 17 heavy (non-hydrogen) atoms. The Balaban J connectivity index is 2.02. The van der Waals surface area contributed by atoms with E-state index >= 15 is 0 Å². The number of carboxylic acids is 2. The van der Waals surface area contributed by atoms with Crippen molar-refractivity contribution < 1.29 is 24.5 Å². The lowest BCUT2D eigenvalue weighted by Gasteiger charge is -2.11. The minimum Gasteiger partial charge on any atom is -0.481 e. The topological polar surface area (TPSA) is 83.8 Å². The molecule has 5 nitrogen and oxygen atoms in total. The Kier molecular flexibility index (Phi) is 5.97. The molecule has 1 fully saturated rings. The number of unbranched alkanes of at least 4 members (excludes halogenated alkanes) is 2. The highest BCUT2D eigenvalue weighted by Crippen LogP contribution is 2.25. The lowest BCUT2D eigenvalue weighted by Crippen LogP contribution is -2.14.